The molecule has 0 unspecified atom stereocenters. The molecule has 0 atom stereocenters. The van der Waals surface area contributed by atoms with Crippen LogP contribution in [-0.2, 0) is 13.1 Å². The van der Waals surface area contributed by atoms with Crippen LogP contribution >= 0.6 is 0 Å². The van der Waals surface area contributed by atoms with Gasteiger partial charge in [0.1, 0.15) is 5.82 Å². The number of pyridine rings is 1. The maximum Gasteiger partial charge on any atom is 0.128 e. The van der Waals surface area contributed by atoms with E-state index in [4.69, 9.17) is 0 Å². The molecule has 110 valence electrons. The predicted molar refractivity (Wildman–Crippen MR) is 87.4 cm³/mol. The third kappa shape index (κ3) is 4.05. The Morgan fingerprint density at radius 2 is 2.05 bits per heavy atom. The van der Waals surface area contributed by atoms with E-state index in [1.165, 1.54) is 29.5 Å². The van der Waals surface area contributed by atoms with Gasteiger partial charge in [0.05, 0.1) is 0 Å². The van der Waals surface area contributed by atoms with Crippen LogP contribution in [-0.4, -0.2) is 18.1 Å². The van der Waals surface area contributed by atoms with Crippen molar-refractivity contribution in [3.63, 3.8) is 0 Å². The van der Waals surface area contributed by atoms with Crippen molar-refractivity contribution in [3.8, 4) is 0 Å². The molecular weight excluding hydrogens is 258 g/mol. The van der Waals surface area contributed by atoms with Gasteiger partial charge in [0.25, 0.3) is 0 Å². The van der Waals surface area contributed by atoms with Crippen LogP contribution in [0.15, 0.2) is 42.6 Å². The first kappa shape index (κ1) is 14.1. The quantitative estimate of drug-likeness (QED) is 0.880. The standard InChI is InChI=1S/C18H23N3/c1-14-4-3-5-15(10-14)13-21(2)18-9-6-16(12-20-18)11-19-17-7-8-17/h3-6,9-10,12,17,19H,7-8,11,13H2,1-2H3. The second kappa shape index (κ2) is 6.27. The molecule has 1 aromatic heterocycles. The van der Waals surface area contributed by atoms with Gasteiger partial charge in [-0.25, -0.2) is 4.98 Å². The molecular formula is C18H23N3. The summed E-state index contributed by atoms with van der Waals surface area (Å²) in [4.78, 5) is 6.77. The lowest BCUT2D eigenvalue weighted by molar-refractivity contribution is 0.685. The highest BCUT2D eigenvalue weighted by atomic mass is 15.2. The number of hydrogen-bond donors (Lipinski definition) is 1. The summed E-state index contributed by atoms with van der Waals surface area (Å²) in [6.07, 6.45) is 4.63. The Bertz CT molecular complexity index is 588. The smallest absolute Gasteiger partial charge is 0.128 e. The van der Waals surface area contributed by atoms with Crippen LogP contribution in [0.25, 0.3) is 0 Å². The van der Waals surface area contributed by atoms with Gasteiger partial charge in [-0.2, -0.15) is 0 Å². The summed E-state index contributed by atoms with van der Waals surface area (Å²) in [6.45, 7) is 3.94. The van der Waals surface area contributed by atoms with Crippen LogP contribution in [0.2, 0.25) is 0 Å². The topological polar surface area (TPSA) is 28.2 Å². The van der Waals surface area contributed by atoms with Crippen LogP contribution in [0.3, 0.4) is 0 Å². The highest BCUT2D eigenvalue weighted by Gasteiger charge is 2.19. The van der Waals surface area contributed by atoms with Gasteiger partial charge < -0.3 is 10.2 Å². The van der Waals surface area contributed by atoms with E-state index in [9.17, 15) is 0 Å². The van der Waals surface area contributed by atoms with Gasteiger partial charge in [0.2, 0.25) is 0 Å². The highest BCUT2D eigenvalue weighted by Crippen LogP contribution is 2.19. The first-order valence-electron chi connectivity index (χ1n) is 7.66. The second-order valence-corrected chi connectivity index (χ2v) is 6.02. The van der Waals surface area contributed by atoms with Gasteiger partial charge in [0.15, 0.2) is 0 Å². The van der Waals surface area contributed by atoms with Gasteiger partial charge in [-0.1, -0.05) is 35.9 Å². The lowest BCUT2D eigenvalue weighted by Gasteiger charge is -2.18. The summed E-state index contributed by atoms with van der Waals surface area (Å²) in [6, 6.07) is 13.7. The van der Waals surface area contributed by atoms with Gasteiger partial charge in [-0.05, 0) is 37.0 Å². The monoisotopic (exact) mass is 281 g/mol. The second-order valence-electron chi connectivity index (χ2n) is 6.02. The number of rotatable bonds is 6. The highest BCUT2D eigenvalue weighted by molar-refractivity contribution is 5.40. The summed E-state index contributed by atoms with van der Waals surface area (Å²) in [7, 11) is 2.09. The fourth-order valence-corrected chi connectivity index (χ4v) is 2.46. The van der Waals surface area contributed by atoms with Crippen molar-refractivity contribution < 1.29 is 0 Å². The Hall–Kier alpha value is -1.87. The molecule has 3 rings (SSSR count). The third-order valence-electron chi connectivity index (χ3n) is 3.87. The van der Waals surface area contributed by atoms with Crippen molar-refractivity contribution in [3.05, 3.63) is 59.3 Å². The molecule has 0 saturated heterocycles. The molecule has 0 aliphatic heterocycles. The number of hydrogen-bond acceptors (Lipinski definition) is 3. The number of aryl methyl sites for hydroxylation is 1. The maximum absolute atomic E-state index is 4.58. The zero-order chi connectivity index (χ0) is 14.7. The van der Waals surface area contributed by atoms with Crippen molar-refractivity contribution in [2.45, 2.75) is 38.9 Å². The first-order valence-corrected chi connectivity index (χ1v) is 7.66. The molecule has 1 aromatic carbocycles. The van der Waals surface area contributed by atoms with E-state index in [0.29, 0.717) is 0 Å². The minimum Gasteiger partial charge on any atom is -0.355 e. The normalized spacial score (nSPS) is 14.2. The van der Waals surface area contributed by atoms with E-state index in [1.54, 1.807) is 0 Å². The van der Waals surface area contributed by atoms with Crippen molar-refractivity contribution in [1.29, 1.82) is 0 Å². The fraction of sp³-hybridized carbons (Fsp3) is 0.389. The zero-order valence-electron chi connectivity index (χ0n) is 12.8. The van der Waals surface area contributed by atoms with Gasteiger partial charge in [-0.15, -0.1) is 0 Å². The van der Waals surface area contributed by atoms with Gasteiger partial charge in [-0.3, -0.25) is 0 Å². The average Bonchev–Trinajstić information content (AvgIpc) is 3.30. The Morgan fingerprint density at radius 1 is 1.19 bits per heavy atom. The Labute approximate surface area is 127 Å². The van der Waals surface area contributed by atoms with E-state index >= 15 is 0 Å². The molecule has 0 bridgehead atoms. The summed E-state index contributed by atoms with van der Waals surface area (Å²) in [5.74, 6) is 1.02. The Kier molecular flexibility index (Phi) is 4.20. The molecule has 0 radical (unpaired) electrons. The molecule has 1 fully saturated rings. The molecule has 3 heteroatoms. The van der Waals surface area contributed by atoms with Gasteiger partial charge >= 0.3 is 0 Å². The largest absolute Gasteiger partial charge is 0.355 e. The number of anilines is 1. The molecule has 1 aliphatic rings. The van der Waals surface area contributed by atoms with Crippen LogP contribution in [0.5, 0.6) is 0 Å². The molecule has 21 heavy (non-hydrogen) atoms. The Balaban J connectivity index is 1.59. The van der Waals surface area contributed by atoms with Crippen LogP contribution < -0.4 is 10.2 Å². The number of nitrogens with zero attached hydrogens (tertiary/aromatic N) is 2. The number of benzene rings is 1. The lowest BCUT2D eigenvalue weighted by Crippen LogP contribution is -2.18. The summed E-state index contributed by atoms with van der Waals surface area (Å²) in [5.41, 5.74) is 3.88. The van der Waals surface area contributed by atoms with E-state index < -0.39 is 0 Å². The minimum atomic E-state index is 0.744. The van der Waals surface area contributed by atoms with Crippen molar-refractivity contribution >= 4 is 5.82 Å². The lowest BCUT2D eigenvalue weighted by atomic mass is 10.1. The fourth-order valence-electron chi connectivity index (χ4n) is 2.46. The average molecular weight is 281 g/mol. The molecule has 3 nitrogen and oxygen atoms in total. The molecule has 0 amide bonds. The number of aromatic nitrogens is 1. The van der Waals surface area contributed by atoms with E-state index in [2.05, 4.69) is 65.6 Å². The molecule has 2 aromatic rings. The van der Waals surface area contributed by atoms with Crippen LogP contribution in [0, 0.1) is 6.92 Å². The Morgan fingerprint density at radius 3 is 2.71 bits per heavy atom. The van der Waals surface area contributed by atoms with Crippen LogP contribution in [0.1, 0.15) is 29.5 Å². The molecule has 1 N–H and O–H groups in total. The first-order chi connectivity index (χ1) is 10.2. The van der Waals surface area contributed by atoms with Crippen LogP contribution in [0.4, 0.5) is 5.82 Å². The minimum absolute atomic E-state index is 0.744. The molecule has 1 saturated carbocycles. The number of nitrogens with one attached hydrogen (secondary N) is 1. The maximum atomic E-state index is 4.58. The van der Waals surface area contributed by atoms with Crippen molar-refractivity contribution in [1.82, 2.24) is 10.3 Å². The summed E-state index contributed by atoms with van der Waals surface area (Å²) in [5, 5.41) is 3.51. The summed E-state index contributed by atoms with van der Waals surface area (Å²) >= 11 is 0. The molecule has 1 aliphatic carbocycles. The molecule has 1 heterocycles. The van der Waals surface area contributed by atoms with E-state index in [1.807, 2.05) is 6.20 Å². The molecule has 0 spiro atoms. The van der Waals surface area contributed by atoms with Crippen molar-refractivity contribution in [2.24, 2.45) is 0 Å². The SMILES string of the molecule is Cc1cccc(CN(C)c2ccc(CNC3CC3)cn2)c1. The van der Waals surface area contributed by atoms with Crippen molar-refractivity contribution in [2.75, 3.05) is 11.9 Å². The van der Waals surface area contributed by atoms with E-state index in [0.717, 1.165) is 24.9 Å². The van der Waals surface area contributed by atoms with Gasteiger partial charge in [0, 0.05) is 32.4 Å². The van der Waals surface area contributed by atoms with E-state index in [-0.39, 0.29) is 0 Å². The summed E-state index contributed by atoms with van der Waals surface area (Å²) < 4.78 is 0. The third-order valence-corrected chi connectivity index (χ3v) is 3.87. The predicted octanol–water partition coefficient (Wildman–Crippen LogP) is 3.28. The zero-order valence-corrected chi connectivity index (χ0v) is 12.8.